The molecule has 94 valence electrons. The molecule has 1 aliphatic rings. The Morgan fingerprint density at radius 2 is 2.06 bits per heavy atom. The van der Waals surface area contributed by atoms with Gasteiger partial charge < -0.3 is 5.32 Å². The maximum absolute atomic E-state index is 11.3. The molecule has 0 aromatic heterocycles. The average Bonchev–Trinajstić information content (AvgIpc) is 2.71. The largest absolute Gasteiger partial charge is 0.356 e. The zero-order chi connectivity index (χ0) is 12.0. The molecule has 0 bridgehead atoms. The summed E-state index contributed by atoms with van der Waals surface area (Å²) < 4.78 is 0. The number of amides is 1. The molecule has 2 heteroatoms. The van der Waals surface area contributed by atoms with E-state index in [9.17, 15) is 4.79 Å². The second-order valence-electron chi connectivity index (χ2n) is 5.52. The van der Waals surface area contributed by atoms with Gasteiger partial charge >= 0.3 is 0 Å². The van der Waals surface area contributed by atoms with Crippen molar-refractivity contribution in [1.29, 1.82) is 0 Å². The van der Waals surface area contributed by atoms with E-state index >= 15 is 0 Å². The molecule has 0 radical (unpaired) electrons. The molecule has 0 aromatic rings. The molecular weight excluding hydrogens is 198 g/mol. The van der Waals surface area contributed by atoms with Gasteiger partial charge in [0.15, 0.2) is 0 Å². The van der Waals surface area contributed by atoms with Gasteiger partial charge in [0.05, 0.1) is 0 Å². The lowest BCUT2D eigenvalue weighted by atomic mass is 9.71. The van der Waals surface area contributed by atoms with Crippen LogP contribution in [0.5, 0.6) is 0 Å². The molecule has 0 saturated carbocycles. The molecule has 0 aliphatic carbocycles. The fraction of sp³-hybridized carbons (Fsp3) is 0.929. The molecule has 1 heterocycles. The molecular formula is C14H27NO. The second-order valence-corrected chi connectivity index (χ2v) is 5.52. The van der Waals surface area contributed by atoms with Crippen molar-refractivity contribution in [2.75, 3.05) is 6.54 Å². The second kappa shape index (κ2) is 6.27. The lowest BCUT2D eigenvalue weighted by molar-refractivity contribution is -0.119. The van der Waals surface area contributed by atoms with Gasteiger partial charge in [-0.2, -0.15) is 0 Å². The van der Waals surface area contributed by atoms with Gasteiger partial charge in [0.2, 0.25) is 5.91 Å². The van der Waals surface area contributed by atoms with Crippen LogP contribution in [-0.2, 0) is 4.79 Å². The average molecular weight is 225 g/mol. The molecule has 2 unspecified atom stereocenters. The van der Waals surface area contributed by atoms with Crippen LogP contribution < -0.4 is 5.32 Å². The van der Waals surface area contributed by atoms with Crippen molar-refractivity contribution in [3.63, 3.8) is 0 Å². The predicted octanol–water partition coefficient (Wildman–Crippen LogP) is 3.51. The Balaban J connectivity index is 2.39. The minimum absolute atomic E-state index is 0.248. The van der Waals surface area contributed by atoms with E-state index in [1.807, 2.05) is 0 Å². The maximum Gasteiger partial charge on any atom is 0.220 e. The quantitative estimate of drug-likeness (QED) is 0.660. The molecule has 16 heavy (non-hydrogen) atoms. The molecule has 1 rings (SSSR count). The van der Waals surface area contributed by atoms with Crippen molar-refractivity contribution >= 4 is 5.91 Å². The van der Waals surface area contributed by atoms with E-state index in [-0.39, 0.29) is 5.91 Å². The number of hydrogen-bond acceptors (Lipinski definition) is 1. The van der Waals surface area contributed by atoms with E-state index in [4.69, 9.17) is 0 Å². The fourth-order valence-electron chi connectivity index (χ4n) is 2.72. The third kappa shape index (κ3) is 3.50. The van der Waals surface area contributed by atoms with Crippen LogP contribution in [0.4, 0.5) is 0 Å². The summed E-state index contributed by atoms with van der Waals surface area (Å²) in [4.78, 5) is 11.3. The number of carbonyl (C=O) groups is 1. The van der Waals surface area contributed by atoms with E-state index in [1.165, 1.54) is 38.5 Å². The minimum Gasteiger partial charge on any atom is -0.356 e. The van der Waals surface area contributed by atoms with Crippen LogP contribution in [-0.4, -0.2) is 12.5 Å². The van der Waals surface area contributed by atoms with E-state index < -0.39 is 0 Å². The van der Waals surface area contributed by atoms with Crippen LogP contribution in [0.25, 0.3) is 0 Å². The van der Waals surface area contributed by atoms with E-state index in [0.29, 0.717) is 11.3 Å². The molecule has 2 atom stereocenters. The van der Waals surface area contributed by atoms with Crippen LogP contribution >= 0.6 is 0 Å². The zero-order valence-corrected chi connectivity index (χ0v) is 11.1. The lowest BCUT2D eigenvalue weighted by Gasteiger charge is -2.34. The lowest BCUT2D eigenvalue weighted by Crippen LogP contribution is -2.28. The number of hydrogen-bond donors (Lipinski definition) is 1. The van der Waals surface area contributed by atoms with Gasteiger partial charge in [-0.3, -0.25) is 4.79 Å². The third-order valence-corrected chi connectivity index (χ3v) is 4.37. The van der Waals surface area contributed by atoms with Crippen LogP contribution in [0.2, 0.25) is 0 Å². The van der Waals surface area contributed by atoms with Crippen molar-refractivity contribution in [3.8, 4) is 0 Å². The summed E-state index contributed by atoms with van der Waals surface area (Å²) in [6.07, 6.45) is 8.54. The third-order valence-electron chi connectivity index (χ3n) is 4.37. The first-order valence-corrected chi connectivity index (χ1v) is 6.89. The van der Waals surface area contributed by atoms with Gasteiger partial charge in [0.25, 0.3) is 0 Å². The van der Waals surface area contributed by atoms with Gasteiger partial charge in [-0.1, -0.05) is 52.9 Å². The maximum atomic E-state index is 11.3. The molecule has 0 spiro atoms. The van der Waals surface area contributed by atoms with Crippen LogP contribution in [0.1, 0.15) is 65.7 Å². The van der Waals surface area contributed by atoms with Gasteiger partial charge in [-0.25, -0.2) is 0 Å². The Morgan fingerprint density at radius 3 is 2.56 bits per heavy atom. The highest BCUT2D eigenvalue weighted by Crippen LogP contribution is 2.40. The molecule has 2 nitrogen and oxygen atoms in total. The normalized spacial score (nSPS) is 24.2. The van der Waals surface area contributed by atoms with Gasteiger partial charge in [0.1, 0.15) is 0 Å². The van der Waals surface area contributed by atoms with Gasteiger partial charge in [0, 0.05) is 13.0 Å². The van der Waals surface area contributed by atoms with Crippen molar-refractivity contribution in [3.05, 3.63) is 0 Å². The smallest absolute Gasteiger partial charge is 0.220 e. The predicted molar refractivity (Wildman–Crippen MR) is 68.3 cm³/mol. The molecule has 1 amide bonds. The summed E-state index contributed by atoms with van der Waals surface area (Å²) in [5.41, 5.74) is 0.368. The van der Waals surface area contributed by atoms with E-state index in [1.54, 1.807) is 0 Å². The number of unbranched alkanes of at least 4 members (excludes halogenated alkanes) is 3. The molecule has 1 fully saturated rings. The van der Waals surface area contributed by atoms with E-state index in [2.05, 4.69) is 26.1 Å². The van der Waals surface area contributed by atoms with Crippen LogP contribution in [0.15, 0.2) is 0 Å². The minimum atomic E-state index is 0.248. The number of nitrogens with one attached hydrogen (secondary N) is 1. The Morgan fingerprint density at radius 1 is 1.31 bits per heavy atom. The zero-order valence-electron chi connectivity index (χ0n) is 11.1. The van der Waals surface area contributed by atoms with Gasteiger partial charge in [-0.15, -0.1) is 0 Å². The highest BCUT2D eigenvalue weighted by molar-refractivity contribution is 5.78. The topological polar surface area (TPSA) is 29.1 Å². The Labute approximate surface area is 100 Å². The first kappa shape index (κ1) is 13.5. The number of rotatable bonds is 7. The Bertz CT molecular complexity index is 227. The van der Waals surface area contributed by atoms with Crippen LogP contribution in [0, 0.1) is 11.3 Å². The number of carbonyl (C=O) groups excluding carboxylic acids is 1. The summed E-state index contributed by atoms with van der Waals surface area (Å²) >= 11 is 0. The summed E-state index contributed by atoms with van der Waals surface area (Å²) in [7, 11) is 0. The summed E-state index contributed by atoms with van der Waals surface area (Å²) in [6, 6.07) is 0. The van der Waals surface area contributed by atoms with E-state index in [0.717, 1.165) is 13.0 Å². The first-order valence-electron chi connectivity index (χ1n) is 6.89. The summed E-state index contributed by atoms with van der Waals surface area (Å²) in [5, 5.41) is 2.97. The Hall–Kier alpha value is -0.530. The SMILES string of the molecule is CCCCCCC(C)(CC)C1CNC(=O)C1. The molecule has 0 aromatic carbocycles. The summed E-state index contributed by atoms with van der Waals surface area (Å²) in [5.74, 6) is 0.810. The van der Waals surface area contributed by atoms with Crippen molar-refractivity contribution in [2.45, 2.75) is 65.7 Å². The molecule has 1 aliphatic heterocycles. The van der Waals surface area contributed by atoms with Crippen LogP contribution in [0.3, 0.4) is 0 Å². The standard InChI is InChI=1S/C14H27NO/c1-4-6-7-8-9-14(3,5-2)12-10-13(16)15-11-12/h12H,4-11H2,1-3H3,(H,15,16). The molecule has 1 saturated heterocycles. The Kier molecular flexibility index (Phi) is 5.30. The van der Waals surface area contributed by atoms with Gasteiger partial charge in [-0.05, 0) is 17.8 Å². The van der Waals surface area contributed by atoms with Crippen molar-refractivity contribution in [1.82, 2.24) is 5.32 Å². The fourth-order valence-corrected chi connectivity index (χ4v) is 2.72. The summed E-state index contributed by atoms with van der Waals surface area (Å²) in [6.45, 7) is 7.78. The monoisotopic (exact) mass is 225 g/mol. The molecule has 1 N–H and O–H groups in total. The van der Waals surface area contributed by atoms with Crippen molar-refractivity contribution < 1.29 is 4.79 Å². The highest BCUT2D eigenvalue weighted by atomic mass is 16.1. The highest BCUT2D eigenvalue weighted by Gasteiger charge is 2.36. The first-order chi connectivity index (χ1) is 7.62. The van der Waals surface area contributed by atoms with Crippen molar-refractivity contribution in [2.24, 2.45) is 11.3 Å².